The van der Waals surface area contributed by atoms with Gasteiger partial charge in [-0.3, -0.25) is 4.79 Å². The number of primary amides is 1. The van der Waals surface area contributed by atoms with Crippen molar-refractivity contribution >= 4 is 5.91 Å². The number of carbonyl (C=O) groups excluding carboxylic acids is 1. The third-order valence-corrected chi connectivity index (χ3v) is 4.55. The maximum absolute atomic E-state index is 12.1. The van der Waals surface area contributed by atoms with Gasteiger partial charge in [0, 0.05) is 5.41 Å². The van der Waals surface area contributed by atoms with Gasteiger partial charge >= 0.3 is 0 Å². The summed E-state index contributed by atoms with van der Waals surface area (Å²) in [7, 11) is 0. The first-order valence-corrected chi connectivity index (χ1v) is 8.92. The van der Waals surface area contributed by atoms with Gasteiger partial charge in [-0.2, -0.15) is 0 Å². The summed E-state index contributed by atoms with van der Waals surface area (Å²) >= 11 is 0. The second-order valence-corrected chi connectivity index (χ2v) is 6.37. The van der Waals surface area contributed by atoms with Crippen molar-refractivity contribution in [1.29, 1.82) is 0 Å². The molecule has 120 valence electrons. The molecule has 0 saturated carbocycles. The van der Waals surface area contributed by atoms with E-state index in [1.165, 1.54) is 38.5 Å². The van der Waals surface area contributed by atoms with Crippen molar-refractivity contribution in [3.63, 3.8) is 0 Å². The predicted octanol–water partition coefficient (Wildman–Crippen LogP) is 5.59. The molecule has 0 aliphatic heterocycles. The molecular formula is C18H37NO. The van der Waals surface area contributed by atoms with Crippen LogP contribution in [0.2, 0.25) is 0 Å². The Morgan fingerprint density at radius 1 is 0.700 bits per heavy atom. The average molecular weight is 283 g/mol. The van der Waals surface area contributed by atoms with Gasteiger partial charge < -0.3 is 5.73 Å². The zero-order valence-electron chi connectivity index (χ0n) is 14.2. The molecule has 0 unspecified atom stereocenters. The van der Waals surface area contributed by atoms with E-state index in [0.29, 0.717) is 0 Å². The first-order valence-electron chi connectivity index (χ1n) is 8.92. The van der Waals surface area contributed by atoms with E-state index >= 15 is 0 Å². The van der Waals surface area contributed by atoms with Crippen LogP contribution in [0.4, 0.5) is 0 Å². The molecule has 0 aliphatic carbocycles. The van der Waals surface area contributed by atoms with Gasteiger partial charge in [0.25, 0.3) is 0 Å². The highest BCUT2D eigenvalue weighted by Gasteiger charge is 2.34. The summed E-state index contributed by atoms with van der Waals surface area (Å²) in [6.45, 7) is 6.65. The maximum Gasteiger partial charge on any atom is 0.223 e. The Hall–Kier alpha value is -0.530. The van der Waals surface area contributed by atoms with E-state index in [-0.39, 0.29) is 11.3 Å². The van der Waals surface area contributed by atoms with Gasteiger partial charge in [0.05, 0.1) is 0 Å². The Morgan fingerprint density at radius 3 is 1.45 bits per heavy atom. The molecular weight excluding hydrogens is 246 g/mol. The molecule has 2 heteroatoms. The SMILES string of the molecule is CCCCCCC(CCCC)(CCCCCC)C(N)=O. The summed E-state index contributed by atoms with van der Waals surface area (Å²) in [5.41, 5.74) is 5.59. The van der Waals surface area contributed by atoms with Crippen LogP contribution in [0.25, 0.3) is 0 Å². The highest BCUT2D eigenvalue weighted by Crippen LogP contribution is 2.36. The lowest BCUT2D eigenvalue weighted by atomic mass is 9.73. The van der Waals surface area contributed by atoms with Gasteiger partial charge in [-0.25, -0.2) is 0 Å². The number of amides is 1. The molecule has 0 atom stereocenters. The van der Waals surface area contributed by atoms with Crippen LogP contribution >= 0.6 is 0 Å². The maximum atomic E-state index is 12.1. The molecule has 0 aromatic rings. The lowest BCUT2D eigenvalue weighted by Crippen LogP contribution is -2.37. The van der Waals surface area contributed by atoms with Crippen LogP contribution in [0.3, 0.4) is 0 Å². The van der Waals surface area contributed by atoms with Crippen LogP contribution in [0.5, 0.6) is 0 Å². The quantitative estimate of drug-likeness (QED) is 0.415. The third kappa shape index (κ3) is 7.91. The Balaban J connectivity index is 4.46. The number of rotatable bonds is 14. The van der Waals surface area contributed by atoms with Crippen LogP contribution in [0.1, 0.15) is 104 Å². The average Bonchev–Trinajstić information content (AvgIpc) is 2.44. The molecule has 0 spiro atoms. The zero-order chi connectivity index (χ0) is 15.3. The van der Waals surface area contributed by atoms with Crippen LogP contribution < -0.4 is 5.73 Å². The van der Waals surface area contributed by atoms with Gasteiger partial charge in [-0.15, -0.1) is 0 Å². The summed E-state index contributed by atoms with van der Waals surface area (Å²) in [5.74, 6) is -0.0426. The molecule has 1 amide bonds. The van der Waals surface area contributed by atoms with Gasteiger partial charge in [-0.1, -0.05) is 85.0 Å². The second-order valence-electron chi connectivity index (χ2n) is 6.37. The molecule has 0 aromatic heterocycles. The van der Waals surface area contributed by atoms with Gasteiger partial charge in [0.15, 0.2) is 0 Å². The molecule has 2 N–H and O–H groups in total. The molecule has 0 aromatic carbocycles. The summed E-state index contributed by atoms with van der Waals surface area (Å²) in [4.78, 5) is 12.1. The Kier molecular flexibility index (Phi) is 11.9. The van der Waals surface area contributed by atoms with Gasteiger partial charge in [0.1, 0.15) is 0 Å². The van der Waals surface area contributed by atoms with E-state index in [1.807, 2.05) is 0 Å². The third-order valence-electron chi connectivity index (χ3n) is 4.55. The van der Waals surface area contributed by atoms with E-state index in [2.05, 4.69) is 20.8 Å². The Morgan fingerprint density at radius 2 is 1.10 bits per heavy atom. The summed E-state index contributed by atoms with van der Waals surface area (Å²) < 4.78 is 0. The highest BCUT2D eigenvalue weighted by atomic mass is 16.1. The minimum absolute atomic E-state index is 0.0426. The molecule has 0 bridgehead atoms. The van der Waals surface area contributed by atoms with E-state index in [9.17, 15) is 4.79 Å². The van der Waals surface area contributed by atoms with Crippen molar-refractivity contribution in [2.45, 2.75) is 104 Å². The highest BCUT2D eigenvalue weighted by molar-refractivity contribution is 5.80. The van der Waals surface area contributed by atoms with Crippen LogP contribution in [0.15, 0.2) is 0 Å². The van der Waals surface area contributed by atoms with Crippen molar-refractivity contribution in [1.82, 2.24) is 0 Å². The molecule has 20 heavy (non-hydrogen) atoms. The minimum Gasteiger partial charge on any atom is -0.369 e. The fourth-order valence-corrected chi connectivity index (χ4v) is 3.04. The van der Waals surface area contributed by atoms with Crippen LogP contribution in [-0.4, -0.2) is 5.91 Å². The zero-order valence-corrected chi connectivity index (χ0v) is 14.2. The van der Waals surface area contributed by atoms with E-state index in [0.717, 1.165) is 44.9 Å². The normalized spacial score (nSPS) is 11.8. The Labute approximate surface area is 126 Å². The van der Waals surface area contributed by atoms with Crippen LogP contribution in [0, 0.1) is 5.41 Å². The first-order chi connectivity index (χ1) is 9.63. The molecule has 0 fully saturated rings. The smallest absolute Gasteiger partial charge is 0.223 e. The van der Waals surface area contributed by atoms with Crippen molar-refractivity contribution in [2.75, 3.05) is 0 Å². The lowest BCUT2D eigenvalue weighted by Gasteiger charge is -2.31. The summed E-state index contributed by atoms with van der Waals surface area (Å²) in [5, 5.41) is 0. The minimum atomic E-state index is -0.211. The summed E-state index contributed by atoms with van der Waals surface area (Å²) in [6, 6.07) is 0. The lowest BCUT2D eigenvalue weighted by molar-refractivity contribution is -0.129. The second kappa shape index (κ2) is 12.2. The number of nitrogens with two attached hydrogens (primary N) is 1. The number of hydrogen-bond donors (Lipinski definition) is 1. The van der Waals surface area contributed by atoms with E-state index < -0.39 is 0 Å². The number of hydrogen-bond acceptors (Lipinski definition) is 1. The fourth-order valence-electron chi connectivity index (χ4n) is 3.04. The van der Waals surface area contributed by atoms with Crippen molar-refractivity contribution in [3.05, 3.63) is 0 Å². The molecule has 0 radical (unpaired) electrons. The molecule has 0 rings (SSSR count). The molecule has 0 saturated heterocycles. The number of unbranched alkanes of at least 4 members (excludes halogenated alkanes) is 7. The Bertz CT molecular complexity index is 226. The monoisotopic (exact) mass is 283 g/mol. The summed E-state index contributed by atoms with van der Waals surface area (Å²) in [6.07, 6.45) is 15.1. The molecule has 2 nitrogen and oxygen atoms in total. The van der Waals surface area contributed by atoms with Crippen LogP contribution in [-0.2, 0) is 4.79 Å². The van der Waals surface area contributed by atoms with Gasteiger partial charge in [-0.05, 0) is 19.3 Å². The van der Waals surface area contributed by atoms with E-state index in [1.54, 1.807) is 0 Å². The van der Waals surface area contributed by atoms with Crippen molar-refractivity contribution in [2.24, 2.45) is 11.1 Å². The molecule has 0 heterocycles. The molecule has 0 aliphatic rings. The number of carbonyl (C=O) groups is 1. The first kappa shape index (κ1) is 19.5. The standard InChI is InChI=1S/C18H37NO/c1-4-7-10-12-15-18(17(19)20,14-9-6-3)16-13-11-8-5-2/h4-16H2,1-3H3,(H2,19,20). The topological polar surface area (TPSA) is 43.1 Å². The van der Waals surface area contributed by atoms with E-state index in [4.69, 9.17) is 5.73 Å². The van der Waals surface area contributed by atoms with Crippen molar-refractivity contribution in [3.8, 4) is 0 Å². The van der Waals surface area contributed by atoms with Crippen molar-refractivity contribution < 1.29 is 4.79 Å². The largest absolute Gasteiger partial charge is 0.369 e. The predicted molar refractivity (Wildman–Crippen MR) is 88.7 cm³/mol. The van der Waals surface area contributed by atoms with Gasteiger partial charge in [0.2, 0.25) is 5.91 Å². The fraction of sp³-hybridized carbons (Fsp3) is 0.944.